The highest BCUT2D eigenvalue weighted by molar-refractivity contribution is 5.69. The molecule has 2 N–H and O–H groups in total. The molecular formula is C13H17NO3. The fourth-order valence-electron chi connectivity index (χ4n) is 1.85. The van der Waals surface area contributed by atoms with E-state index in [1.165, 1.54) is 5.56 Å². The van der Waals surface area contributed by atoms with Crippen molar-refractivity contribution in [1.29, 1.82) is 0 Å². The summed E-state index contributed by atoms with van der Waals surface area (Å²) in [5, 5.41) is 12.0. The van der Waals surface area contributed by atoms with Crippen LogP contribution in [0.25, 0.3) is 0 Å². The van der Waals surface area contributed by atoms with Gasteiger partial charge >= 0.3 is 5.97 Å². The summed E-state index contributed by atoms with van der Waals surface area (Å²) in [6.45, 7) is 3.16. The standard InChI is InChI=1S/C13H17NO3/c1-9(13(15)16)4-6-14-11-2-3-12-10(8-11)5-7-17-12/h2-3,8-9,14H,4-7H2,1H3,(H,15,16). The molecule has 0 aliphatic carbocycles. The molecule has 2 rings (SSSR count). The average molecular weight is 235 g/mol. The van der Waals surface area contributed by atoms with Gasteiger partial charge in [0.15, 0.2) is 0 Å². The molecule has 0 amide bonds. The minimum atomic E-state index is -0.742. The number of carboxylic acids is 1. The molecule has 1 atom stereocenters. The van der Waals surface area contributed by atoms with Crippen LogP contribution in [0.2, 0.25) is 0 Å². The maximum atomic E-state index is 10.7. The fraction of sp³-hybridized carbons (Fsp3) is 0.462. The van der Waals surface area contributed by atoms with Crippen molar-refractivity contribution in [2.75, 3.05) is 18.5 Å². The SMILES string of the molecule is CC(CCNc1ccc2c(c1)CCO2)C(=O)O. The minimum Gasteiger partial charge on any atom is -0.493 e. The molecule has 1 heterocycles. The molecule has 0 saturated carbocycles. The van der Waals surface area contributed by atoms with Gasteiger partial charge in [0.1, 0.15) is 5.75 Å². The van der Waals surface area contributed by atoms with Crippen molar-refractivity contribution < 1.29 is 14.6 Å². The van der Waals surface area contributed by atoms with Gasteiger partial charge in [0.05, 0.1) is 12.5 Å². The molecule has 1 aromatic carbocycles. The van der Waals surface area contributed by atoms with Crippen LogP contribution in [0.5, 0.6) is 5.75 Å². The Bertz CT molecular complexity index is 417. The first-order chi connectivity index (χ1) is 8.16. The summed E-state index contributed by atoms with van der Waals surface area (Å²) in [7, 11) is 0. The molecule has 0 fully saturated rings. The Morgan fingerprint density at radius 3 is 3.18 bits per heavy atom. The minimum absolute atomic E-state index is 0.305. The maximum Gasteiger partial charge on any atom is 0.306 e. The second kappa shape index (κ2) is 5.08. The predicted molar refractivity (Wildman–Crippen MR) is 65.5 cm³/mol. The zero-order valence-electron chi connectivity index (χ0n) is 9.90. The summed E-state index contributed by atoms with van der Waals surface area (Å²) in [5.74, 6) is -0.0798. The van der Waals surface area contributed by atoms with E-state index in [9.17, 15) is 4.79 Å². The van der Waals surface area contributed by atoms with Crippen molar-refractivity contribution in [3.05, 3.63) is 23.8 Å². The average Bonchev–Trinajstić information content (AvgIpc) is 2.75. The quantitative estimate of drug-likeness (QED) is 0.821. The summed E-state index contributed by atoms with van der Waals surface area (Å²) >= 11 is 0. The third-order valence-electron chi connectivity index (χ3n) is 3.02. The van der Waals surface area contributed by atoms with E-state index >= 15 is 0 Å². The van der Waals surface area contributed by atoms with Crippen LogP contribution in [0.15, 0.2) is 18.2 Å². The van der Waals surface area contributed by atoms with Crippen LogP contribution < -0.4 is 10.1 Å². The zero-order chi connectivity index (χ0) is 12.3. The molecule has 1 unspecified atom stereocenters. The number of aliphatic carboxylic acids is 1. The lowest BCUT2D eigenvalue weighted by Gasteiger charge is -2.09. The molecule has 0 spiro atoms. The molecule has 4 nitrogen and oxygen atoms in total. The monoisotopic (exact) mass is 235 g/mol. The van der Waals surface area contributed by atoms with Gasteiger partial charge in [-0.25, -0.2) is 0 Å². The predicted octanol–water partition coefficient (Wildman–Crippen LogP) is 2.14. The van der Waals surface area contributed by atoms with Gasteiger partial charge in [-0.15, -0.1) is 0 Å². The van der Waals surface area contributed by atoms with Gasteiger partial charge in [0, 0.05) is 18.7 Å². The van der Waals surface area contributed by atoms with Crippen LogP contribution in [0.3, 0.4) is 0 Å². The van der Waals surface area contributed by atoms with Crippen LogP contribution in [0, 0.1) is 5.92 Å². The lowest BCUT2D eigenvalue weighted by molar-refractivity contribution is -0.141. The van der Waals surface area contributed by atoms with Gasteiger partial charge in [-0.2, -0.15) is 0 Å². The van der Waals surface area contributed by atoms with E-state index in [1.54, 1.807) is 6.92 Å². The smallest absolute Gasteiger partial charge is 0.306 e. The second-order valence-corrected chi connectivity index (χ2v) is 4.38. The van der Waals surface area contributed by atoms with Crippen molar-refractivity contribution in [3.8, 4) is 5.75 Å². The van der Waals surface area contributed by atoms with Crippen molar-refractivity contribution in [2.24, 2.45) is 5.92 Å². The third-order valence-corrected chi connectivity index (χ3v) is 3.02. The van der Waals surface area contributed by atoms with E-state index in [2.05, 4.69) is 11.4 Å². The first kappa shape index (κ1) is 11.8. The largest absolute Gasteiger partial charge is 0.493 e. The Kier molecular flexibility index (Phi) is 3.52. The normalized spacial score (nSPS) is 14.9. The number of fused-ring (bicyclic) bond motifs is 1. The third kappa shape index (κ3) is 2.90. The Hall–Kier alpha value is -1.71. The van der Waals surface area contributed by atoms with E-state index in [4.69, 9.17) is 9.84 Å². The second-order valence-electron chi connectivity index (χ2n) is 4.38. The Morgan fingerprint density at radius 1 is 1.59 bits per heavy atom. The number of benzene rings is 1. The Labute approximate surface area is 101 Å². The van der Waals surface area contributed by atoms with E-state index in [-0.39, 0.29) is 5.92 Å². The highest BCUT2D eigenvalue weighted by Crippen LogP contribution is 2.27. The molecule has 1 aliphatic heterocycles. The molecule has 92 valence electrons. The van der Waals surface area contributed by atoms with E-state index < -0.39 is 5.97 Å². The summed E-state index contributed by atoms with van der Waals surface area (Å²) in [4.78, 5) is 10.7. The topological polar surface area (TPSA) is 58.6 Å². The van der Waals surface area contributed by atoms with E-state index in [0.717, 1.165) is 24.5 Å². The van der Waals surface area contributed by atoms with Gasteiger partial charge in [0.25, 0.3) is 0 Å². The number of anilines is 1. The van der Waals surface area contributed by atoms with E-state index in [1.807, 2.05) is 12.1 Å². The lowest BCUT2D eigenvalue weighted by Crippen LogP contribution is -2.14. The van der Waals surface area contributed by atoms with Crippen molar-refractivity contribution in [3.63, 3.8) is 0 Å². The maximum absolute atomic E-state index is 10.7. The van der Waals surface area contributed by atoms with Crippen LogP contribution >= 0.6 is 0 Å². The molecule has 0 aromatic heterocycles. The first-order valence-corrected chi connectivity index (χ1v) is 5.89. The lowest BCUT2D eigenvalue weighted by atomic mass is 10.1. The molecule has 0 saturated heterocycles. The van der Waals surface area contributed by atoms with E-state index in [0.29, 0.717) is 13.0 Å². The van der Waals surface area contributed by atoms with Gasteiger partial charge in [0.2, 0.25) is 0 Å². The number of hydrogen-bond acceptors (Lipinski definition) is 3. The van der Waals surface area contributed by atoms with Gasteiger partial charge in [-0.3, -0.25) is 4.79 Å². The highest BCUT2D eigenvalue weighted by Gasteiger charge is 2.12. The number of rotatable bonds is 5. The molecular weight excluding hydrogens is 218 g/mol. The zero-order valence-corrected chi connectivity index (χ0v) is 9.90. The summed E-state index contributed by atoms with van der Waals surface area (Å²) < 4.78 is 5.42. The van der Waals surface area contributed by atoms with Crippen LogP contribution in [0.1, 0.15) is 18.9 Å². The number of carboxylic acid groups (broad SMARTS) is 1. The van der Waals surface area contributed by atoms with Crippen LogP contribution in [0.4, 0.5) is 5.69 Å². The summed E-state index contributed by atoms with van der Waals surface area (Å²) in [6.07, 6.45) is 1.58. The van der Waals surface area contributed by atoms with Crippen molar-refractivity contribution >= 4 is 11.7 Å². The summed E-state index contributed by atoms with van der Waals surface area (Å²) in [5.41, 5.74) is 2.26. The number of ether oxygens (including phenoxy) is 1. The molecule has 1 aliphatic rings. The van der Waals surface area contributed by atoms with Crippen molar-refractivity contribution in [2.45, 2.75) is 19.8 Å². The highest BCUT2D eigenvalue weighted by atomic mass is 16.5. The van der Waals surface area contributed by atoms with Gasteiger partial charge in [-0.1, -0.05) is 6.92 Å². The van der Waals surface area contributed by atoms with Crippen LogP contribution in [-0.2, 0) is 11.2 Å². The Morgan fingerprint density at radius 2 is 2.41 bits per heavy atom. The Balaban J connectivity index is 1.85. The molecule has 0 radical (unpaired) electrons. The van der Waals surface area contributed by atoms with Gasteiger partial charge < -0.3 is 15.2 Å². The first-order valence-electron chi connectivity index (χ1n) is 5.89. The summed E-state index contributed by atoms with van der Waals surface area (Å²) in [6, 6.07) is 6.01. The van der Waals surface area contributed by atoms with Crippen LogP contribution in [-0.4, -0.2) is 24.2 Å². The van der Waals surface area contributed by atoms with Crippen molar-refractivity contribution in [1.82, 2.24) is 0 Å². The molecule has 0 bridgehead atoms. The number of carbonyl (C=O) groups is 1. The number of nitrogens with one attached hydrogen (secondary N) is 1. The molecule has 4 heteroatoms. The fourth-order valence-corrected chi connectivity index (χ4v) is 1.85. The number of hydrogen-bond donors (Lipinski definition) is 2. The molecule has 1 aromatic rings. The molecule has 17 heavy (non-hydrogen) atoms. The van der Waals surface area contributed by atoms with Gasteiger partial charge in [-0.05, 0) is 30.2 Å².